The number of hydrogen-bond donors (Lipinski definition) is 2. The monoisotopic (exact) mass is 247 g/mol. The Kier molecular flexibility index (Phi) is 2.81. The molecule has 3 rings (SSSR count). The highest BCUT2D eigenvalue weighted by Crippen LogP contribution is 2.38. The Morgan fingerprint density at radius 1 is 1.41 bits per heavy atom. The summed E-state index contributed by atoms with van der Waals surface area (Å²) in [4.78, 5) is 1.43. The summed E-state index contributed by atoms with van der Waals surface area (Å²) in [5, 5.41) is 14.3. The largest absolute Gasteiger partial charge is 0.507 e. The van der Waals surface area contributed by atoms with Crippen molar-refractivity contribution in [3.63, 3.8) is 0 Å². The molecule has 0 unspecified atom stereocenters. The molecule has 1 aliphatic heterocycles. The second-order valence-corrected chi connectivity index (χ2v) is 6.03. The van der Waals surface area contributed by atoms with Crippen LogP contribution in [0.25, 0.3) is 10.1 Å². The molecule has 2 aromatic rings. The van der Waals surface area contributed by atoms with E-state index in [0.29, 0.717) is 17.7 Å². The van der Waals surface area contributed by atoms with Crippen LogP contribution in [-0.4, -0.2) is 17.7 Å². The van der Waals surface area contributed by atoms with Gasteiger partial charge in [-0.2, -0.15) is 0 Å². The van der Waals surface area contributed by atoms with E-state index in [1.807, 2.05) is 17.4 Å². The highest BCUT2D eigenvalue weighted by atomic mass is 32.1. The molecule has 0 radical (unpaired) electrons. The SMILES string of the molecule is C[C@@H]1C[C@H](c2cc3c(O)cccc3s2)CCN1. The van der Waals surface area contributed by atoms with E-state index in [1.54, 1.807) is 6.07 Å². The second-order valence-electron chi connectivity index (χ2n) is 4.91. The van der Waals surface area contributed by atoms with E-state index in [0.717, 1.165) is 11.9 Å². The highest BCUT2D eigenvalue weighted by Gasteiger charge is 2.21. The van der Waals surface area contributed by atoms with Gasteiger partial charge in [-0.15, -0.1) is 11.3 Å². The number of phenols is 1. The summed E-state index contributed by atoms with van der Waals surface area (Å²) >= 11 is 1.83. The summed E-state index contributed by atoms with van der Waals surface area (Å²) in [7, 11) is 0. The lowest BCUT2D eigenvalue weighted by atomic mass is 9.92. The summed E-state index contributed by atoms with van der Waals surface area (Å²) in [6.45, 7) is 3.35. The van der Waals surface area contributed by atoms with Crippen molar-refractivity contribution in [2.45, 2.75) is 31.7 Å². The lowest BCUT2D eigenvalue weighted by Gasteiger charge is -2.27. The zero-order chi connectivity index (χ0) is 11.8. The number of benzene rings is 1. The predicted molar refractivity (Wildman–Crippen MR) is 72.9 cm³/mol. The Bertz CT molecular complexity index is 534. The lowest BCUT2D eigenvalue weighted by molar-refractivity contribution is 0.384. The molecular formula is C14H17NOS. The summed E-state index contributed by atoms with van der Waals surface area (Å²) in [6, 6.07) is 8.56. The maximum absolute atomic E-state index is 9.83. The van der Waals surface area contributed by atoms with Gasteiger partial charge in [0.15, 0.2) is 0 Å². The van der Waals surface area contributed by atoms with E-state index in [1.165, 1.54) is 22.4 Å². The van der Waals surface area contributed by atoms with Crippen molar-refractivity contribution in [3.8, 4) is 5.75 Å². The van der Waals surface area contributed by atoms with Crippen molar-refractivity contribution in [1.82, 2.24) is 5.32 Å². The van der Waals surface area contributed by atoms with Gasteiger partial charge in [-0.3, -0.25) is 0 Å². The minimum Gasteiger partial charge on any atom is -0.507 e. The van der Waals surface area contributed by atoms with Crippen LogP contribution in [-0.2, 0) is 0 Å². The summed E-state index contributed by atoms with van der Waals surface area (Å²) in [5.41, 5.74) is 0. The number of rotatable bonds is 1. The Morgan fingerprint density at radius 3 is 3.06 bits per heavy atom. The number of aromatic hydroxyl groups is 1. The molecule has 2 heterocycles. The Hall–Kier alpha value is -1.06. The average Bonchev–Trinajstić information content (AvgIpc) is 2.74. The van der Waals surface area contributed by atoms with Crippen LogP contribution >= 0.6 is 11.3 Å². The van der Waals surface area contributed by atoms with Gasteiger partial charge in [0.25, 0.3) is 0 Å². The second kappa shape index (κ2) is 4.31. The molecule has 0 spiro atoms. The van der Waals surface area contributed by atoms with Crippen molar-refractivity contribution in [2.75, 3.05) is 6.54 Å². The normalized spacial score (nSPS) is 25.2. The predicted octanol–water partition coefficient (Wildman–Crippen LogP) is 3.46. The van der Waals surface area contributed by atoms with Crippen molar-refractivity contribution in [2.24, 2.45) is 0 Å². The van der Waals surface area contributed by atoms with Gasteiger partial charge in [-0.05, 0) is 50.4 Å². The van der Waals surface area contributed by atoms with E-state index >= 15 is 0 Å². The number of phenolic OH excluding ortho intramolecular Hbond substituents is 1. The van der Waals surface area contributed by atoms with Gasteiger partial charge in [-0.25, -0.2) is 0 Å². The van der Waals surface area contributed by atoms with Gasteiger partial charge < -0.3 is 10.4 Å². The molecule has 1 aromatic carbocycles. The van der Waals surface area contributed by atoms with Crippen LogP contribution < -0.4 is 5.32 Å². The van der Waals surface area contributed by atoms with Gasteiger partial charge in [0, 0.05) is 21.0 Å². The highest BCUT2D eigenvalue weighted by molar-refractivity contribution is 7.19. The summed E-state index contributed by atoms with van der Waals surface area (Å²) < 4.78 is 1.20. The Balaban J connectivity index is 1.97. The molecule has 0 amide bonds. The first kappa shape index (κ1) is 11.1. The fraction of sp³-hybridized carbons (Fsp3) is 0.429. The van der Waals surface area contributed by atoms with E-state index in [-0.39, 0.29) is 0 Å². The van der Waals surface area contributed by atoms with E-state index < -0.39 is 0 Å². The molecule has 0 aliphatic carbocycles. The number of piperidine rings is 1. The number of fused-ring (bicyclic) bond motifs is 1. The fourth-order valence-electron chi connectivity index (χ4n) is 2.66. The lowest BCUT2D eigenvalue weighted by Crippen LogP contribution is -2.34. The molecule has 0 bridgehead atoms. The van der Waals surface area contributed by atoms with Crippen LogP contribution in [0.3, 0.4) is 0 Å². The van der Waals surface area contributed by atoms with Crippen LogP contribution in [0.4, 0.5) is 0 Å². The third-order valence-corrected chi connectivity index (χ3v) is 4.85. The zero-order valence-electron chi connectivity index (χ0n) is 9.94. The summed E-state index contributed by atoms with van der Waals surface area (Å²) in [6.07, 6.45) is 2.41. The van der Waals surface area contributed by atoms with Gasteiger partial charge >= 0.3 is 0 Å². The first-order valence-electron chi connectivity index (χ1n) is 6.19. The fourth-order valence-corrected chi connectivity index (χ4v) is 3.89. The Labute approximate surface area is 105 Å². The quantitative estimate of drug-likeness (QED) is 0.809. The van der Waals surface area contributed by atoms with E-state index in [9.17, 15) is 5.11 Å². The van der Waals surface area contributed by atoms with Gasteiger partial charge in [-0.1, -0.05) is 6.07 Å². The van der Waals surface area contributed by atoms with E-state index in [2.05, 4.69) is 24.4 Å². The van der Waals surface area contributed by atoms with Crippen LogP contribution in [0.1, 0.15) is 30.6 Å². The first-order valence-corrected chi connectivity index (χ1v) is 7.00. The smallest absolute Gasteiger partial charge is 0.124 e. The number of nitrogens with one attached hydrogen (secondary N) is 1. The molecule has 2 N–H and O–H groups in total. The van der Waals surface area contributed by atoms with Crippen LogP contribution in [0.2, 0.25) is 0 Å². The maximum atomic E-state index is 9.83. The third-order valence-electron chi connectivity index (χ3n) is 3.58. The molecule has 2 atom stereocenters. The molecule has 1 fully saturated rings. The zero-order valence-corrected chi connectivity index (χ0v) is 10.8. The Morgan fingerprint density at radius 2 is 2.29 bits per heavy atom. The molecule has 1 saturated heterocycles. The van der Waals surface area contributed by atoms with Crippen LogP contribution in [0, 0.1) is 0 Å². The summed E-state index contributed by atoms with van der Waals surface area (Å²) in [5.74, 6) is 1.06. The van der Waals surface area contributed by atoms with Crippen molar-refractivity contribution < 1.29 is 5.11 Å². The minimum atomic E-state index is 0.409. The number of hydrogen-bond acceptors (Lipinski definition) is 3. The van der Waals surface area contributed by atoms with Gasteiger partial charge in [0.1, 0.15) is 5.75 Å². The van der Waals surface area contributed by atoms with Crippen LogP contribution in [0.5, 0.6) is 5.75 Å². The third kappa shape index (κ3) is 2.05. The minimum absolute atomic E-state index is 0.409. The molecule has 1 aromatic heterocycles. The average molecular weight is 247 g/mol. The van der Waals surface area contributed by atoms with Crippen molar-refractivity contribution in [3.05, 3.63) is 29.1 Å². The molecule has 0 saturated carbocycles. The molecule has 3 heteroatoms. The van der Waals surface area contributed by atoms with E-state index in [4.69, 9.17) is 0 Å². The van der Waals surface area contributed by atoms with Gasteiger partial charge in [0.05, 0.1) is 0 Å². The van der Waals surface area contributed by atoms with Gasteiger partial charge in [0.2, 0.25) is 0 Å². The van der Waals surface area contributed by atoms with Crippen molar-refractivity contribution >= 4 is 21.4 Å². The molecule has 17 heavy (non-hydrogen) atoms. The number of thiophene rings is 1. The molecular weight excluding hydrogens is 230 g/mol. The first-order chi connectivity index (χ1) is 8.24. The van der Waals surface area contributed by atoms with Crippen LogP contribution in [0.15, 0.2) is 24.3 Å². The molecule has 1 aliphatic rings. The maximum Gasteiger partial charge on any atom is 0.124 e. The molecule has 90 valence electrons. The van der Waals surface area contributed by atoms with Crippen molar-refractivity contribution in [1.29, 1.82) is 0 Å². The molecule has 2 nitrogen and oxygen atoms in total. The standard InChI is InChI=1S/C14H17NOS/c1-9-7-10(5-6-15-9)14-8-11-12(16)3-2-4-13(11)17-14/h2-4,8-10,15-16H,5-7H2,1H3/t9-,10-/m1/s1. The topological polar surface area (TPSA) is 32.3 Å².